The molecule has 1 fully saturated rings. The van der Waals surface area contributed by atoms with Crippen molar-refractivity contribution >= 4 is 11.9 Å². The van der Waals surface area contributed by atoms with Gasteiger partial charge in [0, 0.05) is 12.2 Å². The van der Waals surface area contributed by atoms with Gasteiger partial charge in [-0.3, -0.25) is 9.59 Å². The molecule has 0 radical (unpaired) electrons. The lowest BCUT2D eigenvalue weighted by atomic mass is 10.2. The minimum atomic E-state index is -0.949. The highest BCUT2D eigenvalue weighted by atomic mass is 16.4. The summed E-state index contributed by atoms with van der Waals surface area (Å²) < 4.78 is 1.45. The molecule has 0 saturated heterocycles. The van der Waals surface area contributed by atoms with Crippen LogP contribution in [-0.4, -0.2) is 27.6 Å². The van der Waals surface area contributed by atoms with Crippen LogP contribution in [0.15, 0.2) is 18.3 Å². The summed E-state index contributed by atoms with van der Waals surface area (Å²) in [7, 11) is 0. The second-order valence-corrected chi connectivity index (χ2v) is 4.78. The Morgan fingerprint density at radius 2 is 2.33 bits per heavy atom. The number of carbonyl (C=O) groups is 2. The van der Waals surface area contributed by atoms with Gasteiger partial charge in [-0.1, -0.05) is 13.3 Å². The molecule has 1 amide bonds. The minimum Gasteiger partial charge on any atom is -0.480 e. The van der Waals surface area contributed by atoms with E-state index in [0.717, 1.165) is 19.3 Å². The molecule has 2 atom stereocenters. The Labute approximate surface area is 106 Å². The molecular formula is C13H18N2O3. The summed E-state index contributed by atoms with van der Waals surface area (Å²) >= 11 is 0. The average molecular weight is 250 g/mol. The maximum atomic E-state index is 12.0. The number of aromatic nitrogens is 1. The maximum absolute atomic E-state index is 12.0. The highest BCUT2D eigenvalue weighted by molar-refractivity contribution is 5.93. The zero-order chi connectivity index (χ0) is 13.1. The lowest BCUT2D eigenvalue weighted by Gasteiger charge is -2.07. The fraction of sp³-hybridized carbons (Fsp3) is 0.538. The SMILES string of the molecule is CCCC1CC1NC(=O)c1cccn1CC(=O)O. The Hall–Kier alpha value is -1.78. The van der Waals surface area contributed by atoms with Gasteiger partial charge in [-0.2, -0.15) is 0 Å². The third-order valence-corrected chi connectivity index (χ3v) is 3.27. The van der Waals surface area contributed by atoms with Crippen molar-refractivity contribution in [1.82, 2.24) is 9.88 Å². The number of carboxylic acid groups (broad SMARTS) is 1. The topological polar surface area (TPSA) is 71.3 Å². The van der Waals surface area contributed by atoms with Crippen molar-refractivity contribution in [2.75, 3.05) is 0 Å². The van der Waals surface area contributed by atoms with Crippen LogP contribution < -0.4 is 5.32 Å². The van der Waals surface area contributed by atoms with E-state index in [-0.39, 0.29) is 18.5 Å². The molecule has 0 bridgehead atoms. The number of carboxylic acids is 1. The van der Waals surface area contributed by atoms with E-state index < -0.39 is 5.97 Å². The zero-order valence-electron chi connectivity index (χ0n) is 10.4. The molecule has 0 aromatic carbocycles. The van der Waals surface area contributed by atoms with E-state index in [9.17, 15) is 9.59 Å². The van der Waals surface area contributed by atoms with Crippen molar-refractivity contribution in [3.63, 3.8) is 0 Å². The van der Waals surface area contributed by atoms with E-state index >= 15 is 0 Å². The fourth-order valence-electron chi connectivity index (χ4n) is 2.26. The van der Waals surface area contributed by atoms with E-state index in [1.807, 2.05) is 0 Å². The molecule has 2 unspecified atom stereocenters. The van der Waals surface area contributed by atoms with E-state index in [1.54, 1.807) is 18.3 Å². The monoisotopic (exact) mass is 250 g/mol. The lowest BCUT2D eigenvalue weighted by Crippen LogP contribution is -2.29. The van der Waals surface area contributed by atoms with Gasteiger partial charge in [-0.05, 0) is 30.9 Å². The van der Waals surface area contributed by atoms with Crippen LogP contribution in [0.3, 0.4) is 0 Å². The standard InChI is InChI=1S/C13H18N2O3/c1-2-4-9-7-10(9)14-13(18)11-5-3-6-15(11)8-12(16)17/h3,5-6,9-10H,2,4,7-8H2,1H3,(H,14,18)(H,16,17). The third-order valence-electron chi connectivity index (χ3n) is 3.27. The number of amides is 1. The number of aliphatic carboxylic acids is 1. The molecule has 1 aliphatic rings. The van der Waals surface area contributed by atoms with Gasteiger partial charge in [0.2, 0.25) is 0 Å². The Balaban J connectivity index is 1.93. The second kappa shape index (κ2) is 5.25. The zero-order valence-corrected chi connectivity index (χ0v) is 10.4. The van der Waals surface area contributed by atoms with Crippen LogP contribution in [0.5, 0.6) is 0 Å². The molecule has 2 N–H and O–H groups in total. The molecule has 98 valence electrons. The number of nitrogens with zero attached hydrogens (tertiary/aromatic N) is 1. The number of hydrogen-bond acceptors (Lipinski definition) is 2. The Kier molecular flexibility index (Phi) is 3.69. The summed E-state index contributed by atoms with van der Waals surface area (Å²) in [6, 6.07) is 3.61. The molecule has 2 rings (SSSR count). The van der Waals surface area contributed by atoms with Crippen LogP contribution in [-0.2, 0) is 11.3 Å². The molecule has 5 nitrogen and oxygen atoms in total. The fourth-order valence-corrected chi connectivity index (χ4v) is 2.26. The van der Waals surface area contributed by atoms with Gasteiger partial charge in [0.1, 0.15) is 12.2 Å². The van der Waals surface area contributed by atoms with Crippen LogP contribution in [0.25, 0.3) is 0 Å². The summed E-state index contributed by atoms with van der Waals surface area (Å²) in [5.74, 6) is -0.526. The van der Waals surface area contributed by atoms with Crippen molar-refractivity contribution < 1.29 is 14.7 Å². The largest absolute Gasteiger partial charge is 0.480 e. The Morgan fingerprint density at radius 1 is 1.56 bits per heavy atom. The highest BCUT2D eigenvalue weighted by Crippen LogP contribution is 2.34. The van der Waals surface area contributed by atoms with Crippen LogP contribution in [0.1, 0.15) is 36.7 Å². The van der Waals surface area contributed by atoms with Crippen molar-refractivity contribution in [2.45, 2.75) is 38.8 Å². The number of hydrogen-bond donors (Lipinski definition) is 2. The predicted octanol–water partition coefficient (Wildman–Crippen LogP) is 1.49. The number of nitrogens with one attached hydrogen (secondary N) is 1. The average Bonchev–Trinajstić information content (AvgIpc) is 2.86. The Bertz CT molecular complexity index is 453. The highest BCUT2D eigenvalue weighted by Gasteiger charge is 2.37. The van der Waals surface area contributed by atoms with Crippen LogP contribution >= 0.6 is 0 Å². The van der Waals surface area contributed by atoms with Gasteiger partial charge in [0.15, 0.2) is 0 Å². The van der Waals surface area contributed by atoms with E-state index in [4.69, 9.17) is 5.11 Å². The molecule has 1 aliphatic carbocycles. The first-order valence-corrected chi connectivity index (χ1v) is 6.29. The lowest BCUT2D eigenvalue weighted by molar-refractivity contribution is -0.137. The van der Waals surface area contributed by atoms with Gasteiger partial charge < -0.3 is 15.0 Å². The summed E-state index contributed by atoms with van der Waals surface area (Å²) in [4.78, 5) is 22.6. The maximum Gasteiger partial charge on any atom is 0.323 e. The molecular weight excluding hydrogens is 232 g/mol. The van der Waals surface area contributed by atoms with Crippen LogP contribution in [0, 0.1) is 5.92 Å². The normalized spacial score (nSPS) is 21.6. The molecule has 18 heavy (non-hydrogen) atoms. The number of rotatable bonds is 6. The molecule has 5 heteroatoms. The van der Waals surface area contributed by atoms with Crippen LogP contribution in [0.2, 0.25) is 0 Å². The molecule has 1 aromatic heterocycles. The van der Waals surface area contributed by atoms with Crippen molar-refractivity contribution in [1.29, 1.82) is 0 Å². The van der Waals surface area contributed by atoms with Gasteiger partial charge in [0.25, 0.3) is 5.91 Å². The van der Waals surface area contributed by atoms with E-state index in [1.165, 1.54) is 4.57 Å². The second-order valence-electron chi connectivity index (χ2n) is 4.78. The smallest absolute Gasteiger partial charge is 0.323 e. The molecule has 0 aliphatic heterocycles. The molecule has 0 spiro atoms. The summed E-state index contributed by atoms with van der Waals surface area (Å²) in [5, 5.41) is 11.7. The molecule has 1 aromatic rings. The van der Waals surface area contributed by atoms with Gasteiger partial charge >= 0.3 is 5.97 Å². The van der Waals surface area contributed by atoms with Crippen LogP contribution in [0.4, 0.5) is 0 Å². The first kappa shape index (κ1) is 12.7. The van der Waals surface area contributed by atoms with Crippen molar-refractivity contribution in [3.05, 3.63) is 24.0 Å². The number of carbonyl (C=O) groups excluding carboxylic acids is 1. The molecule has 1 saturated carbocycles. The predicted molar refractivity (Wildman–Crippen MR) is 66.3 cm³/mol. The van der Waals surface area contributed by atoms with E-state index in [0.29, 0.717) is 11.6 Å². The summed E-state index contributed by atoms with van der Waals surface area (Å²) in [6.07, 6.45) is 4.92. The van der Waals surface area contributed by atoms with Gasteiger partial charge in [-0.25, -0.2) is 0 Å². The van der Waals surface area contributed by atoms with Gasteiger partial charge in [-0.15, -0.1) is 0 Å². The third kappa shape index (κ3) is 2.91. The molecule has 1 heterocycles. The summed E-state index contributed by atoms with van der Waals surface area (Å²) in [5.41, 5.74) is 0.416. The first-order valence-electron chi connectivity index (χ1n) is 6.29. The minimum absolute atomic E-state index is 0.176. The Morgan fingerprint density at radius 3 is 3.00 bits per heavy atom. The summed E-state index contributed by atoms with van der Waals surface area (Å²) in [6.45, 7) is 1.95. The quantitative estimate of drug-likeness (QED) is 0.803. The van der Waals surface area contributed by atoms with E-state index in [2.05, 4.69) is 12.2 Å². The van der Waals surface area contributed by atoms with Gasteiger partial charge in [0.05, 0.1) is 0 Å². The first-order chi connectivity index (χ1) is 8.61. The van der Waals surface area contributed by atoms with Crippen molar-refractivity contribution in [3.8, 4) is 0 Å². The van der Waals surface area contributed by atoms with Crippen molar-refractivity contribution in [2.24, 2.45) is 5.92 Å².